The lowest BCUT2D eigenvalue weighted by Gasteiger charge is -2.05. The van der Waals surface area contributed by atoms with E-state index >= 15 is 0 Å². The summed E-state index contributed by atoms with van der Waals surface area (Å²) in [5.74, 6) is -0.0268. The molecule has 0 atom stereocenters. The van der Waals surface area contributed by atoms with Crippen LogP contribution in [0.2, 0.25) is 0 Å². The van der Waals surface area contributed by atoms with Gasteiger partial charge in [-0.15, -0.1) is 0 Å². The van der Waals surface area contributed by atoms with Gasteiger partial charge in [-0.2, -0.15) is 13.9 Å². The molecule has 2 aromatic rings. The first-order chi connectivity index (χ1) is 9.47. The van der Waals surface area contributed by atoms with E-state index in [4.69, 9.17) is 10.5 Å². The van der Waals surface area contributed by atoms with Crippen LogP contribution in [0.4, 0.5) is 13.6 Å². The average Bonchev–Trinajstić information content (AvgIpc) is 2.71. The standard InChI is InChI=1S/C10H9F2N5O3/c1-17-8(20-10(13)18)6(4-16-17)7-14-2-5(3-15-7)19-9(11)12/h2-4,9H,1H3,(H2,13,18). The maximum absolute atomic E-state index is 12.0. The van der Waals surface area contributed by atoms with Gasteiger partial charge in [-0.25, -0.2) is 19.4 Å². The number of hydrogen-bond donors (Lipinski definition) is 1. The topological polar surface area (TPSA) is 105 Å². The van der Waals surface area contributed by atoms with Crippen molar-refractivity contribution in [3.63, 3.8) is 0 Å². The Morgan fingerprint density at radius 2 is 2.00 bits per heavy atom. The van der Waals surface area contributed by atoms with Gasteiger partial charge in [-0.3, -0.25) is 0 Å². The van der Waals surface area contributed by atoms with Crippen molar-refractivity contribution < 1.29 is 23.0 Å². The molecule has 10 heteroatoms. The third-order valence-corrected chi connectivity index (χ3v) is 2.18. The molecule has 0 aromatic carbocycles. The van der Waals surface area contributed by atoms with Crippen LogP contribution in [0.1, 0.15) is 0 Å². The second kappa shape index (κ2) is 5.47. The zero-order valence-corrected chi connectivity index (χ0v) is 10.2. The summed E-state index contributed by atoms with van der Waals surface area (Å²) in [6, 6.07) is 0. The van der Waals surface area contributed by atoms with Gasteiger partial charge in [-0.05, 0) is 0 Å². The number of amides is 1. The predicted octanol–water partition coefficient (Wildman–Crippen LogP) is 0.936. The van der Waals surface area contributed by atoms with Crippen LogP contribution in [-0.4, -0.2) is 32.5 Å². The number of carbonyl (C=O) groups is 1. The molecule has 106 valence electrons. The number of ether oxygens (including phenoxy) is 2. The number of halogens is 2. The minimum atomic E-state index is -2.96. The molecule has 0 bridgehead atoms. The summed E-state index contributed by atoms with van der Waals surface area (Å²) in [6.07, 6.45) is 2.46. The second-order valence-corrected chi connectivity index (χ2v) is 3.53. The van der Waals surface area contributed by atoms with Crippen LogP contribution in [0.25, 0.3) is 11.4 Å². The molecule has 0 aliphatic heterocycles. The molecule has 1 amide bonds. The van der Waals surface area contributed by atoms with Crippen molar-refractivity contribution in [1.82, 2.24) is 19.7 Å². The highest BCUT2D eigenvalue weighted by molar-refractivity contribution is 5.71. The highest BCUT2D eigenvalue weighted by Crippen LogP contribution is 2.27. The Labute approximate surface area is 111 Å². The normalized spacial score (nSPS) is 10.6. The Morgan fingerprint density at radius 3 is 2.55 bits per heavy atom. The van der Waals surface area contributed by atoms with Crippen molar-refractivity contribution in [3.8, 4) is 23.0 Å². The number of alkyl halides is 2. The smallest absolute Gasteiger partial charge is 0.411 e. The molecule has 0 aliphatic rings. The van der Waals surface area contributed by atoms with Crippen LogP contribution in [0.3, 0.4) is 0 Å². The summed E-state index contributed by atoms with van der Waals surface area (Å²) in [6.45, 7) is -2.96. The molecule has 2 N–H and O–H groups in total. The zero-order valence-electron chi connectivity index (χ0n) is 10.2. The van der Waals surface area contributed by atoms with Gasteiger partial charge in [0.05, 0.1) is 18.6 Å². The van der Waals surface area contributed by atoms with E-state index in [0.717, 1.165) is 12.4 Å². The molecule has 8 nitrogen and oxygen atoms in total. The van der Waals surface area contributed by atoms with Crippen molar-refractivity contribution in [2.45, 2.75) is 6.61 Å². The third kappa shape index (κ3) is 2.96. The average molecular weight is 285 g/mol. The Kier molecular flexibility index (Phi) is 3.73. The number of nitrogens with zero attached hydrogens (tertiary/aromatic N) is 4. The molecule has 0 aliphatic carbocycles. The Balaban J connectivity index is 2.30. The Bertz CT molecular complexity index is 614. The summed E-state index contributed by atoms with van der Waals surface area (Å²) >= 11 is 0. The van der Waals surface area contributed by atoms with Crippen molar-refractivity contribution in [2.24, 2.45) is 12.8 Å². The van der Waals surface area contributed by atoms with Gasteiger partial charge in [0.15, 0.2) is 11.6 Å². The van der Waals surface area contributed by atoms with Crippen molar-refractivity contribution in [3.05, 3.63) is 18.6 Å². The van der Waals surface area contributed by atoms with E-state index in [1.54, 1.807) is 0 Å². The van der Waals surface area contributed by atoms with Gasteiger partial charge < -0.3 is 15.2 Å². The van der Waals surface area contributed by atoms with Gasteiger partial charge in [0.1, 0.15) is 5.56 Å². The van der Waals surface area contributed by atoms with Crippen molar-refractivity contribution >= 4 is 6.09 Å². The number of nitrogens with two attached hydrogens (primary N) is 1. The van der Waals surface area contributed by atoms with Crippen LogP contribution in [0.15, 0.2) is 18.6 Å². The molecule has 0 radical (unpaired) electrons. The number of primary amides is 1. The fourth-order valence-corrected chi connectivity index (χ4v) is 1.42. The fourth-order valence-electron chi connectivity index (χ4n) is 1.42. The number of rotatable bonds is 4. The minimum Gasteiger partial charge on any atom is -0.432 e. The highest BCUT2D eigenvalue weighted by atomic mass is 19.3. The first-order valence-corrected chi connectivity index (χ1v) is 5.24. The van der Waals surface area contributed by atoms with Crippen LogP contribution in [-0.2, 0) is 7.05 Å². The zero-order chi connectivity index (χ0) is 14.7. The molecular weight excluding hydrogens is 276 g/mol. The summed E-state index contributed by atoms with van der Waals surface area (Å²) in [7, 11) is 1.52. The molecule has 0 unspecified atom stereocenters. The summed E-state index contributed by atoms with van der Waals surface area (Å²) in [4.78, 5) is 18.4. The van der Waals surface area contributed by atoms with Crippen LogP contribution < -0.4 is 15.2 Å². The van der Waals surface area contributed by atoms with Gasteiger partial charge in [0.2, 0.25) is 5.88 Å². The van der Waals surface area contributed by atoms with E-state index in [0.29, 0.717) is 0 Å². The number of aromatic nitrogens is 4. The van der Waals surface area contributed by atoms with E-state index in [2.05, 4.69) is 19.8 Å². The predicted molar refractivity (Wildman–Crippen MR) is 61.1 cm³/mol. The van der Waals surface area contributed by atoms with Gasteiger partial charge in [0, 0.05) is 7.05 Å². The molecule has 0 saturated carbocycles. The van der Waals surface area contributed by atoms with E-state index in [-0.39, 0.29) is 23.0 Å². The van der Waals surface area contributed by atoms with Crippen LogP contribution in [0.5, 0.6) is 11.6 Å². The molecule has 0 saturated heterocycles. The van der Waals surface area contributed by atoms with E-state index in [1.165, 1.54) is 17.9 Å². The number of hydrogen-bond acceptors (Lipinski definition) is 6. The summed E-state index contributed by atoms with van der Waals surface area (Å²) in [5, 5.41) is 3.87. The minimum absolute atomic E-state index is 0.0417. The van der Waals surface area contributed by atoms with E-state index < -0.39 is 12.7 Å². The third-order valence-electron chi connectivity index (χ3n) is 2.18. The van der Waals surface area contributed by atoms with Crippen molar-refractivity contribution in [1.29, 1.82) is 0 Å². The quantitative estimate of drug-likeness (QED) is 0.896. The first kappa shape index (κ1) is 13.6. The maximum atomic E-state index is 12.0. The van der Waals surface area contributed by atoms with E-state index in [1.807, 2.05) is 0 Å². The van der Waals surface area contributed by atoms with Gasteiger partial charge in [0.25, 0.3) is 0 Å². The van der Waals surface area contributed by atoms with E-state index in [9.17, 15) is 13.6 Å². The monoisotopic (exact) mass is 285 g/mol. The molecule has 2 aromatic heterocycles. The lowest BCUT2D eigenvalue weighted by Crippen LogP contribution is -2.18. The highest BCUT2D eigenvalue weighted by Gasteiger charge is 2.17. The largest absolute Gasteiger partial charge is 0.432 e. The fraction of sp³-hybridized carbons (Fsp3) is 0.200. The second-order valence-electron chi connectivity index (χ2n) is 3.53. The van der Waals surface area contributed by atoms with Crippen LogP contribution in [0, 0.1) is 0 Å². The maximum Gasteiger partial charge on any atom is 0.411 e. The SMILES string of the molecule is Cn1ncc(-c2ncc(OC(F)F)cn2)c1OC(N)=O. The molecule has 0 spiro atoms. The van der Waals surface area contributed by atoms with Gasteiger partial charge >= 0.3 is 12.7 Å². The Hall–Kier alpha value is -2.78. The molecule has 2 heterocycles. The lowest BCUT2D eigenvalue weighted by atomic mass is 10.3. The summed E-state index contributed by atoms with van der Waals surface area (Å²) < 4.78 is 34.1. The number of carbonyl (C=O) groups excluding carboxylic acids is 1. The molecular formula is C10H9F2N5O3. The van der Waals surface area contributed by atoms with Crippen molar-refractivity contribution in [2.75, 3.05) is 0 Å². The Morgan fingerprint density at radius 1 is 1.35 bits per heavy atom. The van der Waals surface area contributed by atoms with Gasteiger partial charge in [-0.1, -0.05) is 0 Å². The molecule has 20 heavy (non-hydrogen) atoms. The van der Waals surface area contributed by atoms with Crippen LogP contribution >= 0.6 is 0 Å². The molecule has 0 fully saturated rings. The molecule has 2 rings (SSSR count). The lowest BCUT2D eigenvalue weighted by molar-refractivity contribution is -0.0503. The first-order valence-electron chi connectivity index (χ1n) is 5.24. The number of aryl methyl sites for hydroxylation is 1. The summed E-state index contributed by atoms with van der Waals surface area (Å²) in [5.41, 5.74) is 5.22.